The SMILES string of the molecule is Cc1cc(OCc2ccccc2)c(N)c(=O)n1Cc1ccccc1. The first-order chi connectivity index (χ1) is 11.6. The molecule has 122 valence electrons. The van der Waals surface area contributed by atoms with E-state index in [0.717, 1.165) is 16.8 Å². The van der Waals surface area contributed by atoms with Crippen LogP contribution in [0.1, 0.15) is 16.8 Å². The Morgan fingerprint density at radius 2 is 1.54 bits per heavy atom. The third-order valence-electron chi connectivity index (χ3n) is 3.93. The molecule has 0 aliphatic carbocycles. The Bertz CT molecular complexity index is 871. The van der Waals surface area contributed by atoms with Crippen molar-refractivity contribution in [2.45, 2.75) is 20.1 Å². The fourth-order valence-corrected chi connectivity index (χ4v) is 2.57. The Kier molecular flexibility index (Phi) is 4.66. The fourth-order valence-electron chi connectivity index (χ4n) is 2.57. The molecule has 2 N–H and O–H groups in total. The molecule has 24 heavy (non-hydrogen) atoms. The molecule has 2 aromatic carbocycles. The van der Waals surface area contributed by atoms with Crippen molar-refractivity contribution in [1.29, 1.82) is 0 Å². The van der Waals surface area contributed by atoms with Gasteiger partial charge in [-0.3, -0.25) is 4.79 Å². The first-order valence-corrected chi connectivity index (χ1v) is 7.85. The van der Waals surface area contributed by atoms with Gasteiger partial charge in [0, 0.05) is 11.8 Å². The minimum absolute atomic E-state index is 0.146. The van der Waals surface area contributed by atoms with E-state index in [0.29, 0.717) is 18.9 Å². The molecule has 0 spiro atoms. The summed E-state index contributed by atoms with van der Waals surface area (Å²) in [4.78, 5) is 12.6. The number of aryl methyl sites for hydroxylation is 1. The molecule has 3 aromatic rings. The van der Waals surface area contributed by atoms with Gasteiger partial charge in [-0.25, -0.2) is 0 Å². The smallest absolute Gasteiger partial charge is 0.278 e. The second-order valence-electron chi connectivity index (χ2n) is 5.71. The quantitative estimate of drug-likeness (QED) is 0.784. The Hall–Kier alpha value is -3.01. The zero-order chi connectivity index (χ0) is 16.9. The lowest BCUT2D eigenvalue weighted by molar-refractivity contribution is 0.306. The molecule has 3 rings (SSSR count). The molecule has 0 aliphatic rings. The van der Waals surface area contributed by atoms with Crippen LogP contribution in [0, 0.1) is 6.92 Å². The maximum Gasteiger partial charge on any atom is 0.278 e. The van der Waals surface area contributed by atoms with Crippen LogP contribution in [-0.2, 0) is 13.2 Å². The summed E-state index contributed by atoms with van der Waals surface area (Å²) in [6.45, 7) is 2.76. The fraction of sp³-hybridized carbons (Fsp3) is 0.150. The van der Waals surface area contributed by atoms with Gasteiger partial charge in [0.2, 0.25) is 0 Å². The first kappa shape index (κ1) is 15.9. The average molecular weight is 320 g/mol. The van der Waals surface area contributed by atoms with Crippen LogP contribution in [0.3, 0.4) is 0 Å². The van der Waals surface area contributed by atoms with Crippen LogP contribution in [0.5, 0.6) is 5.75 Å². The molecule has 0 amide bonds. The van der Waals surface area contributed by atoms with Crippen LogP contribution in [0.25, 0.3) is 0 Å². The molecule has 0 unspecified atom stereocenters. The summed E-state index contributed by atoms with van der Waals surface area (Å²) in [6, 6.07) is 21.5. The predicted octanol–water partition coefficient (Wildman–Crippen LogP) is 3.37. The third kappa shape index (κ3) is 3.49. The van der Waals surface area contributed by atoms with E-state index in [4.69, 9.17) is 10.5 Å². The van der Waals surface area contributed by atoms with Gasteiger partial charge in [-0.05, 0) is 18.1 Å². The Balaban J connectivity index is 1.84. The van der Waals surface area contributed by atoms with Crippen LogP contribution in [0.4, 0.5) is 5.69 Å². The minimum Gasteiger partial charge on any atom is -0.486 e. The lowest BCUT2D eigenvalue weighted by atomic mass is 10.2. The van der Waals surface area contributed by atoms with Crippen molar-refractivity contribution in [3.8, 4) is 5.75 Å². The van der Waals surface area contributed by atoms with E-state index in [1.807, 2.05) is 73.7 Å². The molecule has 0 fully saturated rings. The van der Waals surface area contributed by atoms with Gasteiger partial charge in [0.05, 0.1) is 6.54 Å². The van der Waals surface area contributed by atoms with Crippen molar-refractivity contribution in [3.05, 3.63) is 93.9 Å². The summed E-state index contributed by atoms with van der Waals surface area (Å²) in [5, 5.41) is 0. The van der Waals surface area contributed by atoms with Gasteiger partial charge < -0.3 is 15.0 Å². The zero-order valence-corrected chi connectivity index (χ0v) is 13.6. The summed E-state index contributed by atoms with van der Waals surface area (Å²) in [5.74, 6) is 0.436. The largest absolute Gasteiger partial charge is 0.486 e. The van der Waals surface area contributed by atoms with Crippen LogP contribution in [0.15, 0.2) is 71.5 Å². The van der Waals surface area contributed by atoms with E-state index in [1.54, 1.807) is 4.57 Å². The summed E-state index contributed by atoms with van der Waals surface area (Å²) >= 11 is 0. The number of aromatic nitrogens is 1. The number of nitrogens with two attached hydrogens (primary N) is 1. The maximum atomic E-state index is 12.6. The lowest BCUT2D eigenvalue weighted by Gasteiger charge is -2.15. The van der Waals surface area contributed by atoms with Crippen molar-refractivity contribution in [2.24, 2.45) is 0 Å². The minimum atomic E-state index is -0.220. The number of rotatable bonds is 5. The number of hydrogen-bond acceptors (Lipinski definition) is 3. The highest BCUT2D eigenvalue weighted by atomic mass is 16.5. The normalized spacial score (nSPS) is 10.5. The van der Waals surface area contributed by atoms with Crippen molar-refractivity contribution in [2.75, 3.05) is 5.73 Å². The van der Waals surface area contributed by atoms with E-state index in [9.17, 15) is 4.79 Å². The molecule has 1 aromatic heterocycles. The standard InChI is InChI=1S/C20H20N2O2/c1-15-12-18(24-14-17-10-6-3-7-11-17)19(21)20(23)22(15)13-16-8-4-2-5-9-16/h2-12H,13-14,21H2,1H3. The van der Waals surface area contributed by atoms with E-state index in [1.165, 1.54) is 0 Å². The second-order valence-corrected chi connectivity index (χ2v) is 5.71. The monoisotopic (exact) mass is 320 g/mol. The van der Waals surface area contributed by atoms with Gasteiger partial charge in [-0.1, -0.05) is 60.7 Å². The third-order valence-corrected chi connectivity index (χ3v) is 3.93. The summed E-state index contributed by atoms with van der Waals surface area (Å²) in [5.41, 5.74) is 8.84. The first-order valence-electron chi connectivity index (χ1n) is 7.85. The van der Waals surface area contributed by atoms with E-state index in [-0.39, 0.29) is 11.2 Å². The maximum absolute atomic E-state index is 12.6. The summed E-state index contributed by atoms with van der Waals surface area (Å²) in [7, 11) is 0. The predicted molar refractivity (Wildman–Crippen MR) is 96.2 cm³/mol. The van der Waals surface area contributed by atoms with Crippen LogP contribution >= 0.6 is 0 Å². The van der Waals surface area contributed by atoms with Crippen molar-refractivity contribution in [3.63, 3.8) is 0 Å². The Labute approximate surface area is 141 Å². The summed E-state index contributed by atoms with van der Waals surface area (Å²) in [6.07, 6.45) is 0. The van der Waals surface area contributed by atoms with Gasteiger partial charge in [0.15, 0.2) is 0 Å². The van der Waals surface area contributed by atoms with Crippen molar-refractivity contribution >= 4 is 5.69 Å². The van der Waals surface area contributed by atoms with Crippen LogP contribution < -0.4 is 16.0 Å². The number of benzene rings is 2. The molecule has 0 radical (unpaired) electrons. The molecular weight excluding hydrogens is 300 g/mol. The van der Waals surface area contributed by atoms with Gasteiger partial charge >= 0.3 is 0 Å². The number of pyridine rings is 1. The lowest BCUT2D eigenvalue weighted by Crippen LogP contribution is -2.26. The Morgan fingerprint density at radius 1 is 0.958 bits per heavy atom. The number of ether oxygens (including phenoxy) is 1. The molecular formula is C20H20N2O2. The number of hydrogen-bond donors (Lipinski definition) is 1. The molecule has 0 saturated heterocycles. The van der Waals surface area contributed by atoms with E-state index >= 15 is 0 Å². The number of nitrogen functional groups attached to an aromatic ring is 1. The molecule has 0 bridgehead atoms. The van der Waals surface area contributed by atoms with Crippen LogP contribution in [0.2, 0.25) is 0 Å². The van der Waals surface area contributed by atoms with Gasteiger partial charge in [0.1, 0.15) is 18.0 Å². The average Bonchev–Trinajstić information content (AvgIpc) is 2.62. The van der Waals surface area contributed by atoms with Crippen molar-refractivity contribution < 1.29 is 4.74 Å². The zero-order valence-electron chi connectivity index (χ0n) is 13.6. The highest BCUT2D eigenvalue weighted by Gasteiger charge is 2.12. The second kappa shape index (κ2) is 7.04. The highest BCUT2D eigenvalue weighted by molar-refractivity contribution is 5.51. The van der Waals surface area contributed by atoms with E-state index < -0.39 is 0 Å². The molecule has 1 heterocycles. The Morgan fingerprint density at radius 3 is 2.17 bits per heavy atom. The molecule has 4 nitrogen and oxygen atoms in total. The topological polar surface area (TPSA) is 57.2 Å². The van der Waals surface area contributed by atoms with E-state index in [2.05, 4.69) is 0 Å². The summed E-state index contributed by atoms with van der Waals surface area (Å²) < 4.78 is 7.42. The van der Waals surface area contributed by atoms with Gasteiger partial charge in [-0.15, -0.1) is 0 Å². The molecule has 0 atom stereocenters. The van der Waals surface area contributed by atoms with Crippen LogP contribution in [-0.4, -0.2) is 4.57 Å². The number of anilines is 1. The molecule has 0 saturated carbocycles. The van der Waals surface area contributed by atoms with Crippen molar-refractivity contribution in [1.82, 2.24) is 4.57 Å². The number of nitrogens with zero attached hydrogens (tertiary/aromatic N) is 1. The molecule has 0 aliphatic heterocycles. The molecule has 4 heteroatoms. The van der Waals surface area contributed by atoms with Gasteiger partial charge in [-0.2, -0.15) is 0 Å². The highest BCUT2D eigenvalue weighted by Crippen LogP contribution is 2.20. The van der Waals surface area contributed by atoms with Gasteiger partial charge in [0.25, 0.3) is 5.56 Å².